The molecule has 0 amide bonds. The molecular formula is C14H18FN. The van der Waals surface area contributed by atoms with Gasteiger partial charge < -0.3 is 5.32 Å². The van der Waals surface area contributed by atoms with Crippen LogP contribution in [0.15, 0.2) is 18.2 Å². The molecule has 0 spiro atoms. The highest BCUT2D eigenvalue weighted by molar-refractivity contribution is 5.30. The molecule has 2 heteroatoms. The maximum absolute atomic E-state index is 13.2. The molecule has 16 heavy (non-hydrogen) atoms. The molecule has 1 aliphatic carbocycles. The van der Waals surface area contributed by atoms with Crippen molar-refractivity contribution in [1.29, 1.82) is 0 Å². The Hall–Kier alpha value is -0.890. The molecule has 86 valence electrons. The molecule has 0 aromatic heterocycles. The Morgan fingerprint density at radius 3 is 2.94 bits per heavy atom. The van der Waals surface area contributed by atoms with Crippen molar-refractivity contribution in [3.05, 3.63) is 35.1 Å². The lowest BCUT2D eigenvalue weighted by Crippen LogP contribution is -2.34. The van der Waals surface area contributed by atoms with Crippen molar-refractivity contribution in [2.75, 3.05) is 6.54 Å². The van der Waals surface area contributed by atoms with E-state index in [4.69, 9.17) is 0 Å². The van der Waals surface area contributed by atoms with E-state index < -0.39 is 0 Å². The van der Waals surface area contributed by atoms with Crippen LogP contribution in [0.5, 0.6) is 0 Å². The Balaban J connectivity index is 1.79. The topological polar surface area (TPSA) is 12.0 Å². The molecule has 1 N–H and O–H groups in total. The third kappa shape index (κ3) is 1.86. The van der Waals surface area contributed by atoms with Crippen LogP contribution in [0.3, 0.4) is 0 Å². The summed E-state index contributed by atoms with van der Waals surface area (Å²) >= 11 is 0. The van der Waals surface area contributed by atoms with Gasteiger partial charge in [0.05, 0.1) is 0 Å². The Morgan fingerprint density at radius 1 is 1.19 bits per heavy atom. The summed E-state index contributed by atoms with van der Waals surface area (Å²) in [5, 5.41) is 3.58. The molecule has 1 fully saturated rings. The van der Waals surface area contributed by atoms with Crippen molar-refractivity contribution in [1.82, 2.24) is 5.32 Å². The highest BCUT2D eigenvalue weighted by atomic mass is 19.1. The van der Waals surface area contributed by atoms with Gasteiger partial charge >= 0.3 is 0 Å². The second-order valence-electron chi connectivity index (χ2n) is 5.12. The first kappa shape index (κ1) is 10.3. The van der Waals surface area contributed by atoms with Gasteiger partial charge in [0.25, 0.3) is 0 Å². The second-order valence-corrected chi connectivity index (χ2v) is 5.12. The van der Waals surface area contributed by atoms with Crippen LogP contribution in [-0.2, 0) is 12.8 Å². The van der Waals surface area contributed by atoms with Crippen LogP contribution in [0.2, 0.25) is 0 Å². The van der Waals surface area contributed by atoms with Crippen LogP contribution < -0.4 is 5.32 Å². The van der Waals surface area contributed by atoms with Gasteiger partial charge in [-0.3, -0.25) is 0 Å². The van der Waals surface area contributed by atoms with Crippen molar-refractivity contribution in [3.8, 4) is 0 Å². The van der Waals surface area contributed by atoms with Crippen LogP contribution in [-0.4, -0.2) is 12.6 Å². The zero-order valence-corrected chi connectivity index (χ0v) is 9.51. The lowest BCUT2D eigenvalue weighted by Gasteiger charge is -2.29. The molecule has 2 aliphatic rings. The van der Waals surface area contributed by atoms with E-state index in [9.17, 15) is 4.39 Å². The van der Waals surface area contributed by atoms with E-state index in [-0.39, 0.29) is 5.82 Å². The highest BCUT2D eigenvalue weighted by Crippen LogP contribution is 2.30. The predicted molar refractivity (Wildman–Crippen MR) is 62.9 cm³/mol. The molecular weight excluding hydrogens is 201 g/mol. The lowest BCUT2D eigenvalue weighted by molar-refractivity contribution is 0.348. The van der Waals surface area contributed by atoms with Gasteiger partial charge in [-0.05, 0) is 67.8 Å². The smallest absolute Gasteiger partial charge is 0.123 e. The fraction of sp³-hybridized carbons (Fsp3) is 0.571. The monoisotopic (exact) mass is 219 g/mol. The van der Waals surface area contributed by atoms with Crippen molar-refractivity contribution in [3.63, 3.8) is 0 Å². The molecule has 2 atom stereocenters. The molecule has 1 saturated heterocycles. The second kappa shape index (κ2) is 4.17. The van der Waals surface area contributed by atoms with Crippen molar-refractivity contribution in [2.24, 2.45) is 5.92 Å². The van der Waals surface area contributed by atoms with Crippen molar-refractivity contribution >= 4 is 0 Å². The first-order chi connectivity index (χ1) is 7.83. The van der Waals surface area contributed by atoms with E-state index in [0.717, 1.165) is 25.3 Å². The first-order valence-corrected chi connectivity index (χ1v) is 6.33. The van der Waals surface area contributed by atoms with Gasteiger partial charge in [-0.2, -0.15) is 0 Å². The maximum atomic E-state index is 13.2. The zero-order valence-electron chi connectivity index (χ0n) is 9.51. The van der Waals surface area contributed by atoms with Crippen molar-refractivity contribution in [2.45, 2.75) is 38.1 Å². The molecule has 0 radical (unpaired) electrons. The summed E-state index contributed by atoms with van der Waals surface area (Å²) in [6.07, 6.45) is 6.05. The van der Waals surface area contributed by atoms with Crippen LogP contribution in [0.4, 0.5) is 4.39 Å². The number of rotatable bonds is 1. The molecule has 0 bridgehead atoms. The molecule has 3 rings (SSSR count). The van der Waals surface area contributed by atoms with Gasteiger partial charge in [0.15, 0.2) is 0 Å². The van der Waals surface area contributed by atoms with Crippen molar-refractivity contribution < 1.29 is 4.39 Å². The molecule has 1 aromatic carbocycles. The Bertz CT molecular complexity index is 382. The van der Waals surface area contributed by atoms with Gasteiger partial charge in [0.1, 0.15) is 5.82 Å². The van der Waals surface area contributed by atoms with E-state index in [0.29, 0.717) is 6.04 Å². The number of fused-ring (bicyclic) bond motifs is 1. The third-order valence-corrected chi connectivity index (χ3v) is 4.10. The van der Waals surface area contributed by atoms with Gasteiger partial charge in [0.2, 0.25) is 0 Å². The number of benzene rings is 1. The fourth-order valence-electron chi connectivity index (χ4n) is 3.21. The average Bonchev–Trinajstić information content (AvgIpc) is 2.81. The van der Waals surface area contributed by atoms with E-state index in [1.165, 1.54) is 30.4 Å². The minimum Gasteiger partial charge on any atom is -0.314 e. The zero-order chi connectivity index (χ0) is 11.0. The van der Waals surface area contributed by atoms with E-state index in [1.807, 2.05) is 6.07 Å². The number of hydrogen-bond acceptors (Lipinski definition) is 1. The van der Waals surface area contributed by atoms with Crippen LogP contribution in [0, 0.1) is 11.7 Å². The fourth-order valence-corrected chi connectivity index (χ4v) is 3.21. The molecule has 1 heterocycles. The molecule has 1 nitrogen and oxygen atoms in total. The normalized spacial score (nSPS) is 29.1. The number of hydrogen-bond donors (Lipinski definition) is 1. The maximum Gasteiger partial charge on any atom is 0.123 e. The van der Waals surface area contributed by atoms with E-state index >= 15 is 0 Å². The summed E-state index contributed by atoms with van der Waals surface area (Å²) in [4.78, 5) is 0. The van der Waals surface area contributed by atoms with Crippen LogP contribution in [0.25, 0.3) is 0 Å². The number of nitrogens with one attached hydrogen (secondary N) is 1. The lowest BCUT2D eigenvalue weighted by atomic mass is 9.79. The largest absolute Gasteiger partial charge is 0.314 e. The first-order valence-electron chi connectivity index (χ1n) is 6.33. The molecule has 1 aromatic rings. The predicted octanol–water partition coefficient (Wildman–Crippen LogP) is 2.68. The summed E-state index contributed by atoms with van der Waals surface area (Å²) in [7, 11) is 0. The molecule has 2 unspecified atom stereocenters. The molecule has 1 aliphatic heterocycles. The van der Waals surface area contributed by atoms with Crippen LogP contribution in [0.1, 0.15) is 30.4 Å². The summed E-state index contributed by atoms with van der Waals surface area (Å²) < 4.78 is 13.2. The highest BCUT2D eigenvalue weighted by Gasteiger charge is 2.28. The summed E-state index contributed by atoms with van der Waals surface area (Å²) in [5.74, 6) is 0.635. The van der Waals surface area contributed by atoms with E-state index in [1.54, 1.807) is 12.1 Å². The van der Waals surface area contributed by atoms with Gasteiger partial charge in [-0.25, -0.2) is 4.39 Å². The Labute approximate surface area is 96.1 Å². The number of halogens is 1. The number of aryl methyl sites for hydroxylation is 1. The minimum atomic E-state index is -0.0845. The van der Waals surface area contributed by atoms with E-state index in [2.05, 4.69) is 5.32 Å². The molecule has 0 saturated carbocycles. The third-order valence-electron chi connectivity index (χ3n) is 4.10. The Morgan fingerprint density at radius 2 is 2.12 bits per heavy atom. The summed E-state index contributed by atoms with van der Waals surface area (Å²) in [5.41, 5.74) is 2.60. The van der Waals surface area contributed by atoms with Gasteiger partial charge in [-0.15, -0.1) is 0 Å². The average molecular weight is 219 g/mol. The minimum absolute atomic E-state index is 0.0845. The summed E-state index contributed by atoms with van der Waals surface area (Å²) in [6, 6.07) is 5.96. The SMILES string of the molecule is Fc1ccc2c(c1)CC(C1CCCN1)CC2. The van der Waals surface area contributed by atoms with Crippen LogP contribution >= 0.6 is 0 Å². The van der Waals surface area contributed by atoms with Gasteiger partial charge in [-0.1, -0.05) is 6.07 Å². The van der Waals surface area contributed by atoms with Gasteiger partial charge in [0, 0.05) is 6.04 Å². The quantitative estimate of drug-likeness (QED) is 0.765. The Kier molecular flexibility index (Phi) is 2.68. The summed E-state index contributed by atoms with van der Waals surface area (Å²) in [6.45, 7) is 1.16. The standard InChI is InChI=1S/C14H18FN/c15-13-6-5-10-3-4-11(8-12(10)9-13)14-2-1-7-16-14/h5-6,9,11,14,16H,1-4,7-8H2.